The van der Waals surface area contributed by atoms with E-state index in [1.54, 1.807) is 12.4 Å². The number of carbonyl (C=O) groups is 1. The van der Waals surface area contributed by atoms with Crippen LogP contribution in [0.25, 0.3) is 21.8 Å². The van der Waals surface area contributed by atoms with Crippen LogP contribution in [0.15, 0.2) is 42.7 Å². The molecule has 0 aliphatic carbocycles. The first kappa shape index (κ1) is 14.4. The van der Waals surface area contributed by atoms with Crippen LogP contribution in [0.5, 0.6) is 0 Å². The van der Waals surface area contributed by atoms with Crippen molar-refractivity contribution in [3.8, 4) is 21.8 Å². The van der Waals surface area contributed by atoms with Crippen molar-refractivity contribution >= 4 is 17.3 Å². The second-order valence-electron chi connectivity index (χ2n) is 5.04. The molecule has 0 unspecified atom stereocenters. The van der Waals surface area contributed by atoms with Gasteiger partial charge >= 0.3 is 5.97 Å². The molecule has 0 spiro atoms. The summed E-state index contributed by atoms with van der Waals surface area (Å²) >= 11 is 1.19. The molecule has 0 bridgehead atoms. The molecule has 0 amide bonds. The van der Waals surface area contributed by atoms with E-state index in [0.717, 1.165) is 16.7 Å². The van der Waals surface area contributed by atoms with Crippen LogP contribution in [0.4, 0.5) is 0 Å². The lowest BCUT2D eigenvalue weighted by Crippen LogP contribution is -1.96. The standard InChI is InChI=1S/C17H14N2O2S/c1-10-3-4-13(9-11(10)2)14-15(17(20)21)22-16(19-14)12-5-7-18-8-6-12/h3-9H,1-2H3,(H,20,21). The zero-order chi connectivity index (χ0) is 15.7. The van der Waals surface area contributed by atoms with Gasteiger partial charge in [-0.15, -0.1) is 11.3 Å². The maximum Gasteiger partial charge on any atom is 0.348 e. The topological polar surface area (TPSA) is 63.1 Å². The summed E-state index contributed by atoms with van der Waals surface area (Å²) in [5.41, 5.74) is 4.51. The van der Waals surface area contributed by atoms with Gasteiger partial charge in [0.25, 0.3) is 0 Å². The van der Waals surface area contributed by atoms with Gasteiger partial charge in [-0.25, -0.2) is 9.78 Å². The molecule has 3 rings (SSSR count). The molecule has 0 radical (unpaired) electrons. The Morgan fingerprint density at radius 1 is 1.05 bits per heavy atom. The highest BCUT2D eigenvalue weighted by atomic mass is 32.1. The average Bonchev–Trinajstić information content (AvgIpc) is 2.96. The van der Waals surface area contributed by atoms with E-state index < -0.39 is 5.97 Å². The average molecular weight is 310 g/mol. The number of hydrogen-bond acceptors (Lipinski definition) is 4. The van der Waals surface area contributed by atoms with E-state index in [-0.39, 0.29) is 4.88 Å². The molecule has 0 atom stereocenters. The molecule has 110 valence electrons. The number of aromatic nitrogens is 2. The SMILES string of the molecule is Cc1ccc(-c2nc(-c3ccncc3)sc2C(=O)O)cc1C. The number of aryl methyl sites for hydroxylation is 2. The second-order valence-corrected chi connectivity index (χ2v) is 6.04. The highest BCUT2D eigenvalue weighted by Crippen LogP contribution is 2.34. The highest BCUT2D eigenvalue weighted by Gasteiger charge is 2.19. The van der Waals surface area contributed by atoms with Crippen LogP contribution in [0.2, 0.25) is 0 Å². The van der Waals surface area contributed by atoms with E-state index in [0.29, 0.717) is 10.7 Å². The summed E-state index contributed by atoms with van der Waals surface area (Å²) in [4.78, 5) is 20.3. The highest BCUT2D eigenvalue weighted by molar-refractivity contribution is 7.17. The van der Waals surface area contributed by atoms with Crippen molar-refractivity contribution in [2.24, 2.45) is 0 Å². The molecule has 0 aliphatic heterocycles. The summed E-state index contributed by atoms with van der Waals surface area (Å²) in [5, 5.41) is 10.2. The van der Waals surface area contributed by atoms with Crippen molar-refractivity contribution in [3.05, 3.63) is 58.7 Å². The molecule has 0 fully saturated rings. The molecule has 0 saturated heterocycles. The lowest BCUT2D eigenvalue weighted by molar-refractivity contribution is 0.0702. The first-order valence-corrected chi connectivity index (χ1v) is 7.60. The minimum Gasteiger partial charge on any atom is -0.477 e. The second kappa shape index (κ2) is 5.69. The monoisotopic (exact) mass is 310 g/mol. The summed E-state index contributed by atoms with van der Waals surface area (Å²) in [6.45, 7) is 4.04. The maximum absolute atomic E-state index is 11.5. The van der Waals surface area contributed by atoms with E-state index in [4.69, 9.17) is 0 Å². The minimum absolute atomic E-state index is 0.259. The van der Waals surface area contributed by atoms with Crippen LogP contribution in [0.1, 0.15) is 20.8 Å². The number of thiazole rings is 1. The molecule has 2 heterocycles. The number of nitrogens with zero attached hydrogens (tertiary/aromatic N) is 2. The summed E-state index contributed by atoms with van der Waals surface area (Å²) in [6.07, 6.45) is 3.35. The largest absolute Gasteiger partial charge is 0.477 e. The van der Waals surface area contributed by atoms with Crippen LogP contribution in [0, 0.1) is 13.8 Å². The van der Waals surface area contributed by atoms with Gasteiger partial charge in [-0.3, -0.25) is 4.98 Å². The molecule has 4 nitrogen and oxygen atoms in total. The fraction of sp³-hybridized carbons (Fsp3) is 0.118. The molecule has 1 N–H and O–H groups in total. The lowest BCUT2D eigenvalue weighted by Gasteiger charge is -2.03. The van der Waals surface area contributed by atoms with Gasteiger partial charge in [0.15, 0.2) is 0 Å². The Bertz CT molecular complexity index is 841. The number of benzene rings is 1. The Hall–Kier alpha value is -2.53. The van der Waals surface area contributed by atoms with Gasteiger partial charge in [0, 0.05) is 23.5 Å². The summed E-state index contributed by atoms with van der Waals surface area (Å²) in [5.74, 6) is -0.953. The van der Waals surface area contributed by atoms with Crippen LogP contribution in [-0.4, -0.2) is 21.0 Å². The van der Waals surface area contributed by atoms with Crippen LogP contribution in [-0.2, 0) is 0 Å². The van der Waals surface area contributed by atoms with E-state index in [1.807, 2.05) is 44.2 Å². The number of aromatic carboxylic acids is 1. The van der Waals surface area contributed by atoms with E-state index in [1.165, 1.54) is 16.9 Å². The van der Waals surface area contributed by atoms with E-state index in [9.17, 15) is 9.90 Å². The molecule has 22 heavy (non-hydrogen) atoms. The molecule has 2 aromatic heterocycles. The zero-order valence-corrected chi connectivity index (χ0v) is 13.0. The predicted molar refractivity (Wildman–Crippen MR) is 87.2 cm³/mol. The first-order chi connectivity index (χ1) is 10.6. The zero-order valence-electron chi connectivity index (χ0n) is 12.2. The number of pyridine rings is 1. The third-order valence-corrected chi connectivity index (χ3v) is 4.62. The van der Waals surface area contributed by atoms with Crippen molar-refractivity contribution in [2.75, 3.05) is 0 Å². The molecule has 0 aliphatic rings. The Morgan fingerprint density at radius 3 is 2.41 bits per heavy atom. The Morgan fingerprint density at radius 2 is 1.77 bits per heavy atom. The van der Waals surface area contributed by atoms with Crippen LogP contribution >= 0.6 is 11.3 Å². The summed E-state index contributed by atoms with van der Waals surface area (Å²) in [7, 11) is 0. The molecular weight excluding hydrogens is 296 g/mol. The van der Waals surface area contributed by atoms with Crippen molar-refractivity contribution in [3.63, 3.8) is 0 Å². The molecular formula is C17H14N2O2S. The van der Waals surface area contributed by atoms with Crippen LogP contribution in [0.3, 0.4) is 0 Å². The van der Waals surface area contributed by atoms with Crippen molar-refractivity contribution in [1.29, 1.82) is 0 Å². The number of carboxylic acids is 1. The predicted octanol–water partition coefficient (Wildman–Crippen LogP) is 4.19. The third kappa shape index (κ3) is 2.63. The summed E-state index contributed by atoms with van der Waals surface area (Å²) in [6, 6.07) is 9.54. The van der Waals surface area contributed by atoms with Crippen molar-refractivity contribution in [2.45, 2.75) is 13.8 Å². The fourth-order valence-electron chi connectivity index (χ4n) is 2.17. The Labute approximate surface area is 132 Å². The van der Waals surface area contributed by atoms with Gasteiger partial charge in [-0.1, -0.05) is 12.1 Å². The molecule has 1 aromatic carbocycles. The third-order valence-electron chi connectivity index (χ3n) is 3.53. The number of hydrogen-bond donors (Lipinski definition) is 1. The molecule has 0 saturated carbocycles. The minimum atomic E-state index is -0.953. The number of carboxylic acid groups (broad SMARTS) is 1. The van der Waals surface area contributed by atoms with Crippen LogP contribution < -0.4 is 0 Å². The van der Waals surface area contributed by atoms with Gasteiger partial charge in [0.05, 0.1) is 5.69 Å². The summed E-state index contributed by atoms with van der Waals surface area (Å²) < 4.78 is 0. The van der Waals surface area contributed by atoms with Gasteiger partial charge in [-0.05, 0) is 43.2 Å². The smallest absolute Gasteiger partial charge is 0.348 e. The van der Waals surface area contributed by atoms with Gasteiger partial charge in [0.1, 0.15) is 9.88 Å². The molecule has 5 heteroatoms. The first-order valence-electron chi connectivity index (χ1n) is 6.78. The van der Waals surface area contributed by atoms with Gasteiger partial charge < -0.3 is 5.11 Å². The Kier molecular flexibility index (Phi) is 3.73. The molecule has 3 aromatic rings. The van der Waals surface area contributed by atoms with Crippen molar-refractivity contribution in [1.82, 2.24) is 9.97 Å². The Balaban J connectivity index is 2.16. The normalized spacial score (nSPS) is 10.6. The van der Waals surface area contributed by atoms with Gasteiger partial charge in [-0.2, -0.15) is 0 Å². The maximum atomic E-state index is 11.5. The van der Waals surface area contributed by atoms with Crippen molar-refractivity contribution < 1.29 is 9.90 Å². The van der Waals surface area contributed by atoms with Gasteiger partial charge in [0.2, 0.25) is 0 Å². The lowest BCUT2D eigenvalue weighted by atomic mass is 10.0. The van der Waals surface area contributed by atoms with E-state index >= 15 is 0 Å². The fourth-order valence-corrected chi connectivity index (χ4v) is 3.10. The quantitative estimate of drug-likeness (QED) is 0.788. The number of rotatable bonds is 3. The van der Waals surface area contributed by atoms with E-state index in [2.05, 4.69) is 9.97 Å².